The molecule has 1 saturated heterocycles. The van der Waals surface area contributed by atoms with Gasteiger partial charge < -0.3 is 10.2 Å². The molecule has 2 heterocycles. The van der Waals surface area contributed by atoms with Gasteiger partial charge in [-0.1, -0.05) is 17.7 Å². The quantitative estimate of drug-likeness (QED) is 0.723. The second kappa shape index (κ2) is 5.41. The molecule has 0 aliphatic carbocycles. The van der Waals surface area contributed by atoms with E-state index in [9.17, 15) is 0 Å². The fraction of sp³-hybridized carbons (Fsp3) is 0.625. The van der Waals surface area contributed by atoms with E-state index < -0.39 is 0 Å². The standard InChI is InChI=1S/C16H24N2/c1-13-6-7-14-11-17-12-16(15(14)10-13)18-8-4-2-3-5-9-18/h6-7,10,16-17H,2-5,8-9,11-12H2,1H3/p+2/t16-/m0/s1. The largest absolute Gasteiger partial charge is 0.337 e. The van der Waals surface area contributed by atoms with Crippen LogP contribution in [0.5, 0.6) is 0 Å². The SMILES string of the molecule is Cc1ccc2c(c1)[C@@H]([NH+]1CCCCCC1)C[NH2+]C2. The van der Waals surface area contributed by atoms with Gasteiger partial charge in [-0.05, 0) is 38.7 Å². The number of rotatable bonds is 1. The molecule has 1 atom stereocenters. The van der Waals surface area contributed by atoms with Crippen molar-refractivity contribution in [3.8, 4) is 0 Å². The lowest BCUT2D eigenvalue weighted by Gasteiger charge is -2.31. The van der Waals surface area contributed by atoms with Crippen LogP contribution in [0.15, 0.2) is 18.2 Å². The Labute approximate surface area is 110 Å². The van der Waals surface area contributed by atoms with E-state index in [1.807, 2.05) is 4.90 Å². The van der Waals surface area contributed by atoms with Gasteiger partial charge in [0.05, 0.1) is 13.1 Å². The van der Waals surface area contributed by atoms with E-state index >= 15 is 0 Å². The molecular weight excluding hydrogens is 220 g/mol. The average Bonchev–Trinajstić information content (AvgIpc) is 2.67. The highest BCUT2D eigenvalue weighted by atomic mass is 15.2. The van der Waals surface area contributed by atoms with Gasteiger partial charge in [-0.2, -0.15) is 0 Å². The first-order valence-electron chi connectivity index (χ1n) is 7.60. The van der Waals surface area contributed by atoms with Gasteiger partial charge in [0.15, 0.2) is 6.04 Å². The molecule has 3 rings (SSSR count). The fourth-order valence-electron chi connectivity index (χ4n) is 3.67. The van der Waals surface area contributed by atoms with Gasteiger partial charge in [0, 0.05) is 11.1 Å². The van der Waals surface area contributed by atoms with E-state index in [-0.39, 0.29) is 0 Å². The summed E-state index contributed by atoms with van der Waals surface area (Å²) in [5.41, 5.74) is 4.65. The summed E-state index contributed by atoms with van der Waals surface area (Å²) in [6, 6.07) is 7.81. The van der Waals surface area contributed by atoms with Crippen LogP contribution in [-0.4, -0.2) is 19.6 Å². The molecule has 1 aromatic carbocycles. The minimum absolute atomic E-state index is 0.742. The molecule has 98 valence electrons. The van der Waals surface area contributed by atoms with Crippen LogP contribution < -0.4 is 10.2 Å². The first-order chi connectivity index (χ1) is 8.84. The van der Waals surface area contributed by atoms with Crippen LogP contribution in [0.4, 0.5) is 0 Å². The van der Waals surface area contributed by atoms with Crippen molar-refractivity contribution >= 4 is 0 Å². The monoisotopic (exact) mass is 246 g/mol. The normalized spacial score (nSPS) is 25.5. The van der Waals surface area contributed by atoms with Crippen molar-refractivity contribution in [3.05, 3.63) is 34.9 Å². The third kappa shape index (κ3) is 2.45. The maximum absolute atomic E-state index is 2.50. The first kappa shape index (κ1) is 12.2. The molecule has 0 amide bonds. The molecule has 2 aliphatic heterocycles. The van der Waals surface area contributed by atoms with Gasteiger partial charge >= 0.3 is 0 Å². The Kier molecular flexibility index (Phi) is 3.67. The number of hydrogen-bond donors (Lipinski definition) is 2. The number of nitrogens with one attached hydrogen (secondary N) is 1. The van der Waals surface area contributed by atoms with Crippen LogP contribution >= 0.6 is 0 Å². The van der Waals surface area contributed by atoms with Gasteiger partial charge in [-0.15, -0.1) is 0 Å². The Morgan fingerprint density at radius 1 is 1.11 bits per heavy atom. The predicted molar refractivity (Wildman–Crippen MR) is 73.6 cm³/mol. The summed E-state index contributed by atoms with van der Waals surface area (Å²) in [7, 11) is 0. The predicted octanol–water partition coefficient (Wildman–Crippen LogP) is 0.572. The van der Waals surface area contributed by atoms with E-state index in [4.69, 9.17) is 0 Å². The summed E-state index contributed by atoms with van der Waals surface area (Å²) in [5, 5.41) is 2.50. The number of benzene rings is 1. The second-order valence-electron chi connectivity index (χ2n) is 6.06. The maximum Gasteiger partial charge on any atom is 0.163 e. The lowest BCUT2D eigenvalue weighted by Crippen LogP contribution is -3.15. The van der Waals surface area contributed by atoms with Crippen molar-refractivity contribution in [2.45, 2.75) is 45.2 Å². The molecule has 1 fully saturated rings. The van der Waals surface area contributed by atoms with Gasteiger partial charge in [-0.3, -0.25) is 0 Å². The molecule has 2 nitrogen and oxygen atoms in total. The molecule has 0 aromatic heterocycles. The lowest BCUT2D eigenvalue weighted by atomic mass is 9.93. The van der Waals surface area contributed by atoms with Gasteiger partial charge in [0.2, 0.25) is 0 Å². The van der Waals surface area contributed by atoms with Crippen molar-refractivity contribution in [2.24, 2.45) is 0 Å². The summed E-state index contributed by atoms with van der Waals surface area (Å²) in [4.78, 5) is 1.84. The Bertz CT molecular complexity index is 406. The zero-order valence-corrected chi connectivity index (χ0v) is 11.5. The third-order valence-corrected chi connectivity index (χ3v) is 4.68. The zero-order chi connectivity index (χ0) is 12.4. The van der Waals surface area contributed by atoms with Crippen LogP contribution in [0, 0.1) is 6.92 Å². The van der Waals surface area contributed by atoms with E-state index in [1.54, 1.807) is 11.1 Å². The topological polar surface area (TPSA) is 21.1 Å². The summed E-state index contributed by atoms with van der Waals surface area (Å²) >= 11 is 0. The van der Waals surface area contributed by atoms with Crippen LogP contribution in [0.3, 0.4) is 0 Å². The molecule has 1 aromatic rings. The Balaban J connectivity index is 1.87. The van der Waals surface area contributed by atoms with Crippen LogP contribution in [0.2, 0.25) is 0 Å². The molecule has 2 aliphatic rings. The highest BCUT2D eigenvalue weighted by Crippen LogP contribution is 2.19. The number of quaternary nitrogens is 2. The van der Waals surface area contributed by atoms with Crippen molar-refractivity contribution < 1.29 is 10.2 Å². The lowest BCUT2D eigenvalue weighted by molar-refractivity contribution is -0.947. The van der Waals surface area contributed by atoms with Crippen molar-refractivity contribution in [1.29, 1.82) is 0 Å². The number of nitrogens with two attached hydrogens (primary N) is 1. The molecule has 2 heteroatoms. The Hall–Kier alpha value is -0.860. The zero-order valence-electron chi connectivity index (χ0n) is 11.5. The highest BCUT2D eigenvalue weighted by molar-refractivity contribution is 5.33. The smallest absolute Gasteiger partial charge is 0.163 e. The van der Waals surface area contributed by atoms with Gasteiger partial charge in [-0.25, -0.2) is 0 Å². The van der Waals surface area contributed by atoms with E-state index in [0.29, 0.717) is 0 Å². The minimum Gasteiger partial charge on any atom is -0.337 e. The molecule has 0 bridgehead atoms. The Morgan fingerprint density at radius 3 is 2.67 bits per heavy atom. The molecule has 0 spiro atoms. The molecule has 0 unspecified atom stereocenters. The Morgan fingerprint density at radius 2 is 1.89 bits per heavy atom. The van der Waals surface area contributed by atoms with E-state index in [1.165, 1.54) is 57.4 Å². The molecule has 18 heavy (non-hydrogen) atoms. The van der Waals surface area contributed by atoms with Crippen LogP contribution in [0.25, 0.3) is 0 Å². The van der Waals surface area contributed by atoms with Gasteiger partial charge in [0.1, 0.15) is 13.1 Å². The average molecular weight is 246 g/mol. The number of aryl methyl sites for hydroxylation is 1. The molecule has 0 saturated carbocycles. The van der Waals surface area contributed by atoms with E-state index in [0.717, 1.165) is 6.04 Å². The minimum atomic E-state index is 0.742. The molecular formula is C16H26N2+2. The van der Waals surface area contributed by atoms with Crippen LogP contribution in [0.1, 0.15) is 48.4 Å². The highest BCUT2D eigenvalue weighted by Gasteiger charge is 2.31. The first-order valence-corrected chi connectivity index (χ1v) is 7.60. The van der Waals surface area contributed by atoms with Crippen molar-refractivity contribution in [3.63, 3.8) is 0 Å². The number of likely N-dealkylation sites (tertiary alicyclic amines) is 1. The van der Waals surface area contributed by atoms with Gasteiger partial charge in [0.25, 0.3) is 0 Å². The fourth-order valence-corrected chi connectivity index (χ4v) is 3.67. The second-order valence-corrected chi connectivity index (χ2v) is 6.06. The van der Waals surface area contributed by atoms with E-state index in [2.05, 4.69) is 30.4 Å². The third-order valence-electron chi connectivity index (χ3n) is 4.68. The maximum atomic E-state index is 2.50. The summed E-state index contributed by atoms with van der Waals surface area (Å²) in [6.45, 7) is 7.45. The van der Waals surface area contributed by atoms with Crippen LogP contribution in [-0.2, 0) is 6.54 Å². The number of hydrogen-bond acceptors (Lipinski definition) is 0. The summed E-state index contributed by atoms with van der Waals surface area (Å²) in [5.74, 6) is 0. The summed E-state index contributed by atoms with van der Waals surface area (Å²) in [6.07, 6.45) is 5.74. The molecule has 0 radical (unpaired) electrons. The summed E-state index contributed by atoms with van der Waals surface area (Å²) < 4.78 is 0. The van der Waals surface area contributed by atoms with Crippen molar-refractivity contribution in [2.75, 3.05) is 19.6 Å². The van der Waals surface area contributed by atoms with Crippen molar-refractivity contribution in [1.82, 2.24) is 0 Å². The molecule has 3 N–H and O–H groups in total. The number of fused-ring (bicyclic) bond motifs is 1.